The van der Waals surface area contributed by atoms with E-state index in [9.17, 15) is 26.2 Å². The van der Waals surface area contributed by atoms with E-state index in [1.54, 1.807) is 12.1 Å². The van der Waals surface area contributed by atoms with E-state index < -0.39 is 32.0 Å². The van der Waals surface area contributed by atoms with Crippen LogP contribution in [0.25, 0.3) is 0 Å². The Bertz CT molecular complexity index is 766. The zero-order valence-electron chi connectivity index (χ0n) is 13.5. The molecule has 0 spiro atoms. The molecule has 0 aliphatic rings. The molecule has 0 amide bonds. The number of benzene rings is 1. The zero-order chi connectivity index (χ0) is 19.0. The van der Waals surface area contributed by atoms with Crippen molar-refractivity contribution in [2.75, 3.05) is 13.4 Å². The number of hydrogen-bond acceptors (Lipinski definition) is 8. The van der Waals surface area contributed by atoms with Gasteiger partial charge in [0.25, 0.3) is 0 Å². The van der Waals surface area contributed by atoms with Gasteiger partial charge in [0.2, 0.25) is 0 Å². The Balaban J connectivity index is 0.000000446. The van der Waals surface area contributed by atoms with Crippen LogP contribution in [0.5, 0.6) is 0 Å². The number of nitrogens with two attached hydrogens (primary N) is 1. The Kier molecular flexibility index (Phi) is 8.83. The molecule has 0 unspecified atom stereocenters. The van der Waals surface area contributed by atoms with Crippen molar-refractivity contribution in [3.8, 4) is 0 Å². The summed E-state index contributed by atoms with van der Waals surface area (Å²) >= 11 is 0. The molecule has 0 fully saturated rings. The van der Waals surface area contributed by atoms with E-state index in [0.717, 1.165) is 17.2 Å². The van der Waals surface area contributed by atoms with Gasteiger partial charge in [0.05, 0.1) is 18.4 Å². The number of rotatable bonds is 5. The topological polar surface area (TPSA) is 144 Å². The van der Waals surface area contributed by atoms with Gasteiger partial charge in [-0.3, -0.25) is 4.79 Å². The molecule has 0 heterocycles. The summed E-state index contributed by atoms with van der Waals surface area (Å²) in [6.07, 6.45) is 2.28. The Hall–Kier alpha value is -1.75. The third kappa shape index (κ3) is 10.9. The van der Waals surface area contributed by atoms with Crippen molar-refractivity contribution in [1.82, 2.24) is 0 Å². The van der Waals surface area contributed by atoms with Crippen molar-refractivity contribution < 1.29 is 30.9 Å². The number of carbonyl (C=O) groups excluding carboxylic acids is 1. The third-order valence-corrected chi connectivity index (χ3v) is 4.01. The van der Waals surface area contributed by atoms with E-state index in [2.05, 4.69) is 4.74 Å². The molecule has 24 heavy (non-hydrogen) atoms. The summed E-state index contributed by atoms with van der Waals surface area (Å²) in [5.41, 5.74) is 6.33. The van der Waals surface area contributed by atoms with Crippen LogP contribution >= 0.6 is 0 Å². The predicted molar refractivity (Wildman–Crippen MR) is 87.7 cm³/mol. The molecule has 8 nitrogen and oxygen atoms in total. The van der Waals surface area contributed by atoms with E-state index in [-0.39, 0.29) is 11.3 Å². The van der Waals surface area contributed by atoms with Crippen LogP contribution in [0.3, 0.4) is 0 Å². The van der Waals surface area contributed by atoms with E-state index in [1.807, 2.05) is 6.92 Å². The number of ether oxygens (including phenoxy) is 1. The second-order valence-corrected chi connectivity index (χ2v) is 8.18. The highest BCUT2D eigenvalue weighted by Crippen LogP contribution is 2.08. The molecular formula is C14H20NO7S2-. The monoisotopic (exact) mass is 378 g/mol. The number of carbonyl (C=O) groups is 1. The molecule has 1 aromatic carbocycles. The van der Waals surface area contributed by atoms with Crippen LogP contribution < -0.4 is 5.73 Å². The molecule has 0 saturated heterocycles. The third-order valence-electron chi connectivity index (χ3n) is 2.51. The largest absolute Gasteiger partial charge is 0.744 e. The molecule has 2 N–H and O–H groups in total. The normalized spacial score (nSPS) is 13.0. The smallest absolute Gasteiger partial charge is 0.307 e. The number of sulfone groups is 1. The van der Waals surface area contributed by atoms with E-state index in [1.165, 1.54) is 25.3 Å². The van der Waals surface area contributed by atoms with Crippen LogP contribution in [0.2, 0.25) is 0 Å². The molecule has 0 aliphatic carbocycles. The molecule has 10 heteroatoms. The minimum Gasteiger partial charge on any atom is -0.744 e. The van der Waals surface area contributed by atoms with Gasteiger partial charge in [-0.15, -0.1) is 0 Å². The summed E-state index contributed by atoms with van der Waals surface area (Å²) < 4.78 is 56.8. The Morgan fingerprint density at radius 3 is 2.12 bits per heavy atom. The minimum atomic E-state index is -4.27. The van der Waals surface area contributed by atoms with Crippen LogP contribution in [0, 0.1) is 6.92 Å². The van der Waals surface area contributed by atoms with Crippen molar-refractivity contribution in [1.29, 1.82) is 0 Å². The highest BCUT2D eigenvalue weighted by atomic mass is 32.2. The van der Waals surface area contributed by atoms with Crippen molar-refractivity contribution in [3.05, 3.63) is 41.3 Å². The average molecular weight is 378 g/mol. The lowest BCUT2D eigenvalue weighted by atomic mass is 10.2. The predicted octanol–water partition coefficient (Wildman–Crippen LogP) is 0.334. The number of hydrogen-bond donors (Lipinski definition) is 1. The first kappa shape index (κ1) is 22.2. The van der Waals surface area contributed by atoms with Crippen molar-refractivity contribution in [2.45, 2.75) is 24.3 Å². The highest BCUT2D eigenvalue weighted by molar-refractivity contribution is 7.93. The molecule has 0 radical (unpaired) electrons. The van der Waals surface area contributed by atoms with Gasteiger partial charge in [0.15, 0.2) is 9.84 Å². The van der Waals surface area contributed by atoms with Gasteiger partial charge >= 0.3 is 5.97 Å². The summed E-state index contributed by atoms with van der Waals surface area (Å²) in [6.45, 7) is 1.82. The van der Waals surface area contributed by atoms with Crippen LogP contribution in [0.15, 0.2) is 40.6 Å². The van der Waals surface area contributed by atoms with Crippen LogP contribution in [-0.4, -0.2) is 46.8 Å². The summed E-state index contributed by atoms with van der Waals surface area (Å²) in [7, 11) is -6.20. The summed E-state index contributed by atoms with van der Waals surface area (Å²) in [6, 6.07) is 5.16. The van der Waals surface area contributed by atoms with Gasteiger partial charge in [-0.2, -0.15) is 0 Å². The van der Waals surface area contributed by atoms with Crippen LogP contribution in [-0.2, 0) is 29.5 Å². The fraction of sp³-hybridized carbons (Fsp3) is 0.357. The van der Waals surface area contributed by atoms with E-state index >= 15 is 0 Å². The number of methoxy groups -OCH3 is 1. The van der Waals surface area contributed by atoms with Crippen molar-refractivity contribution >= 4 is 25.9 Å². The Morgan fingerprint density at radius 1 is 1.25 bits per heavy atom. The average Bonchev–Trinajstić information content (AvgIpc) is 2.44. The molecular weight excluding hydrogens is 358 g/mol. The molecule has 0 saturated carbocycles. The van der Waals surface area contributed by atoms with Crippen molar-refractivity contribution in [2.24, 2.45) is 5.73 Å². The van der Waals surface area contributed by atoms with Gasteiger partial charge in [0.1, 0.15) is 10.1 Å². The van der Waals surface area contributed by atoms with Crippen molar-refractivity contribution in [3.63, 3.8) is 0 Å². The van der Waals surface area contributed by atoms with Crippen LogP contribution in [0.4, 0.5) is 0 Å². The maximum absolute atomic E-state index is 10.7. The SMILES string of the molecule is COC(=O)C[C@H](N)/C=C/S(C)(=O)=O.Cc1ccc(S(=O)(=O)[O-])cc1. The lowest BCUT2D eigenvalue weighted by Crippen LogP contribution is -2.22. The Labute approximate surface area is 142 Å². The first-order valence-corrected chi connectivity index (χ1v) is 9.94. The molecule has 1 rings (SSSR count). The second-order valence-electron chi connectivity index (χ2n) is 4.87. The second kappa shape index (κ2) is 9.52. The molecule has 1 aromatic rings. The van der Waals surface area contributed by atoms with E-state index in [0.29, 0.717) is 0 Å². The fourth-order valence-corrected chi connectivity index (χ4v) is 2.25. The first-order chi connectivity index (χ1) is 10.8. The summed E-state index contributed by atoms with van der Waals surface area (Å²) in [5.74, 6) is -0.467. The molecule has 0 bridgehead atoms. The fourth-order valence-electron chi connectivity index (χ4n) is 1.29. The zero-order valence-corrected chi connectivity index (χ0v) is 15.1. The molecule has 1 atom stereocenters. The maximum Gasteiger partial charge on any atom is 0.307 e. The summed E-state index contributed by atoms with van der Waals surface area (Å²) in [4.78, 5) is 10.5. The van der Waals surface area contributed by atoms with Gasteiger partial charge in [0, 0.05) is 17.7 Å². The lowest BCUT2D eigenvalue weighted by molar-refractivity contribution is -0.140. The minimum absolute atomic E-state index is 0.0253. The molecule has 0 aliphatic heterocycles. The maximum atomic E-state index is 10.7. The van der Waals surface area contributed by atoms with Gasteiger partial charge < -0.3 is 15.0 Å². The van der Waals surface area contributed by atoms with E-state index in [4.69, 9.17) is 5.73 Å². The Morgan fingerprint density at radius 2 is 1.75 bits per heavy atom. The standard InChI is InChI=1S/C7H13NO4S.C7H8O3S/c1-12-7(9)5-6(8)3-4-13(2,10)11;1-6-2-4-7(5-3-6)11(8,9)10/h3-4,6H,5,8H2,1-2H3;2-5H,1H3,(H,8,9,10)/p-1/b4-3+;/t6-;/m1./s1. The number of aryl methyl sites for hydroxylation is 1. The molecule has 136 valence electrons. The lowest BCUT2D eigenvalue weighted by Gasteiger charge is -2.05. The van der Waals surface area contributed by atoms with Gasteiger partial charge in [-0.1, -0.05) is 23.8 Å². The highest BCUT2D eigenvalue weighted by Gasteiger charge is 2.06. The number of esters is 1. The summed E-state index contributed by atoms with van der Waals surface area (Å²) in [5, 5.41) is 0.973. The quantitative estimate of drug-likeness (QED) is 0.570. The van der Waals surface area contributed by atoms with Crippen LogP contribution in [0.1, 0.15) is 12.0 Å². The van der Waals surface area contributed by atoms with Gasteiger partial charge in [-0.25, -0.2) is 16.8 Å². The first-order valence-electron chi connectivity index (χ1n) is 6.58. The van der Waals surface area contributed by atoms with Gasteiger partial charge in [-0.05, 0) is 19.1 Å². The molecule has 0 aromatic heterocycles.